The second kappa shape index (κ2) is 3.96. The standard InChI is InChI=1S/C12H8F3N/c13-12(14,15)11-6-2-1-5-10(11)9-4-3-7-16-8-9/h1-8H. The van der Waals surface area contributed by atoms with Gasteiger partial charge in [-0.1, -0.05) is 24.3 Å². The molecule has 0 aliphatic heterocycles. The lowest BCUT2D eigenvalue weighted by molar-refractivity contribution is -0.137. The third-order valence-electron chi connectivity index (χ3n) is 2.21. The molecule has 0 fully saturated rings. The molecule has 0 aliphatic rings. The van der Waals surface area contributed by atoms with Crippen LogP contribution in [0.15, 0.2) is 48.8 Å². The third-order valence-corrected chi connectivity index (χ3v) is 2.21. The molecule has 0 N–H and O–H groups in total. The molecule has 4 heteroatoms. The van der Waals surface area contributed by atoms with Crippen LogP contribution < -0.4 is 0 Å². The molecule has 16 heavy (non-hydrogen) atoms. The summed E-state index contributed by atoms with van der Waals surface area (Å²) in [6.45, 7) is 0. The van der Waals surface area contributed by atoms with E-state index >= 15 is 0 Å². The Hall–Kier alpha value is -1.84. The summed E-state index contributed by atoms with van der Waals surface area (Å²) < 4.78 is 38.1. The molecule has 1 nitrogen and oxygen atoms in total. The highest BCUT2D eigenvalue weighted by molar-refractivity contribution is 5.67. The SMILES string of the molecule is FC(F)(F)c1ccccc1-c1cccnc1. The van der Waals surface area contributed by atoms with Crippen LogP contribution in [-0.2, 0) is 6.18 Å². The fraction of sp³-hybridized carbons (Fsp3) is 0.0833. The van der Waals surface area contributed by atoms with Crippen molar-refractivity contribution in [2.45, 2.75) is 6.18 Å². The summed E-state index contributed by atoms with van der Waals surface area (Å²) in [6.07, 6.45) is -1.39. The monoisotopic (exact) mass is 223 g/mol. The first-order valence-corrected chi connectivity index (χ1v) is 4.65. The second-order valence-electron chi connectivity index (χ2n) is 3.29. The van der Waals surface area contributed by atoms with E-state index in [1.54, 1.807) is 18.2 Å². The summed E-state index contributed by atoms with van der Waals surface area (Å²) in [5.41, 5.74) is -0.0125. The van der Waals surface area contributed by atoms with Crippen molar-refractivity contribution in [1.29, 1.82) is 0 Å². The van der Waals surface area contributed by atoms with E-state index < -0.39 is 11.7 Å². The number of hydrogen-bond acceptors (Lipinski definition) is 1. The van der Waals surface area contributed by atoms with Gasteiger partial charge in [-0.2, -0.15) is 13.2 Å². The van der Waals surface area contributed by atoms with Gasteiger partial charge in [0.05, 0.1) is 5.56 Å². The average molecular weight is 223 g/mol. The molecule has 0 atom stereocenters. The lowest BCUT2D eigenvalue weighted by atomic mass is 10.0. The molecule has 0 saturated heterocycles. The highest BCUT2D eigenvalue weighted by Gasteiger charge is 2.33. The molecule has 1 aromatic heterocycles. The van der Waals surface area contributed by atoms with Gasteiger partial charge in [0, 0.05) is 18.0 Å². The van der Waals surface area contributed by atoms with Gasteiger partial charge in [-0.15, -0.1) is 0 Å². The van der Waals surface area contributed by atoms with E-state index in [1.165, 1.54) is 24.5 Å². The van der Waals surface area contributed by atoms with E-state index in [1.807, 2.05) is 0 Å². The zero-order valence-corrected chi connectivity index (χ0v) is 8.20. The number of benzene rings is 1. The Labute approximate surface area is 90.6 Å². The van der Waals surface area contributed by atoms with E-state index in [0.717, 1.165) is 6.07 Å². The first kappa shape index (κ1) is 10.7. The molecule has 2 rings (SSSR count). The summed E-state index contributed by atoms with van der Waals surface area (Å²) in [6, 6.07) is 8.70. The van der Waals surface area contributed by atoms with Gasteiger partial charge in [-0.05, 0) is 17.7 Å². The molecule has 1 aromatic carbocycles. The molecule has 0 unspecified atom stereocenters. The Morgan fingerprint density at radius 2 is 1.69 bits per heavy atom. The smallest absolute Gasteiger partial charge is 0.264 e. The molecule has 0 bridgehead atoms. The van der Waals surface area contributed by atoms with E-state index in [2.05, 4.69) is 4.98 Å². The summed E-state index contributed by atoms with van der Waals surface area (Å²) >= 11 is 0. The van der Waals surface area contributed by atoms with Crippen LogP contribution in [0.4, 0.5) is 13.2 Å². The first-order valence-electron chi connectivity index (χ1n) is 4.65. The second-order valence-corrected chi connectivity index (χ2v) is 3.29. The topological polar surface area (TPSA) is 12.9 Å². The summed E-state index contributed by atoms with van der Waals surface area (Å²) in [7, 11) is 0. The maximum absolute atomic E-state index is 12.7. The molecule has 0 spiro atoms. The Bertz CT molecular complexity index is 477. The first-order chi connectivity index (χ1) is 7.59. The van der Waals surface area contributed by atoms with Gasteiger partial charge in [0.1, 0.15) is 0 Å². The minimum Gasteiger partial charge on any atom is -0.264 e. The zero-order chi connectivity index (χ0) is 11.6. The van der Waals surface area contributed by atoms with Crippen LogP contribution >= 0.6 is 0 Å². The van der Waals surface area contributed by atoms with Crippen molar-refractivity contribution in [2.75, 3.05) is 0 Å². The highest BCUT2D eigenvalue weighted by Crippen LogP contribution is 2.36. The van der Waals surface area contributed by atoms with Gasteiger partial charge >= 0.3 is 6.18 Å². The molecule has 0 radical (unpaired) electrons. The number of nitrogens with zero attached hydrogens (tertiary/aromatic N) is 1. The third kappa shape index (κ3) is 2.05. The van der Waals surface area contributed by atoms with E-state index in [9.17, 15) is 13.2 Å². The van der Waals surface area contributed by atoms with Crippen molar-refractivity contribution in [3.63, 3.8) is 0 Å². The molecule has 2 aromatic rings. The molecule has 1 heterocycles. The predicted octanol–water partition coefficient (Wildman–Crippen LogP) is 3.77. The van der Waals surface area contributed by atoms with Gasteiger partial charge < -0.3 is 0 Å². The van der Waals surface area contributed by atoms with Crippen LogP contribution in [0.3, 0.4) is 0 Å². The van der Waals surface area contributed by atoms with E-state index in [-0.39, 0.29) is 5.56 Å². The van der Waals surface area contributed by atoms with Crippen molar-refractivity contribution in [2.24, 2.45) is 0 Å². The van der Waals surface area contributed by atoms with E-state index in [0.29, 0.717) is 5.56 Å². The normalized spacial score (nSPS) is 11.4. The summed E-state index contributed by atoms with van der Waals surface area (Å²) in [4.78, 5) is 3.82. The number of pyridine rings is 1. The maximum Gasteiger partial charge on any atom is 0.417 e. The number of alkyl halides is 3. The largest absolute Gasteiger partial charge is 0.417 e. The summed E-state index contributed by atoms with van der Waals surface area (Å²) in [5, 5.41) is 0. The fourth-order valence-corrected chi connectivity index (χ4v) is 1.50. The van der Waals surface area contributed by atoms with Gasteiger partial charge in [0.2, 0.25) is 0 Å². The molecule has 0 aliphatic carbocycles. The van der Waals surface area contributed by atoms with Gasteiger partial charge in [-0.3, -0.25) is 4.98 Å². The lowest BCUT2D eigenvalue weighted by Crippen LogP contribution is -2.06. The molecule has 82 valence electrons. The Balaban J connectivity index is 2.58. The van der Waals surface area contributed by atoms with Crippen molar-refractivity contribution in [1.82, 2.24) is 4.98 Å². The van der Waals surface area contributed by atoms with Crippen LogP contribution in [0.1, 0.15) is 5.56 Å². The Morgan fingerprint density at radius 3 is 2.31 bits per heavy atom. The quantitative estimate of drug-likeness (QED) is 0.717. The maximum atomic E-state index is 12.7. The minimum atomic E-state index is -4.34. The number of halogens is 3. The molecular weight excluding hydrogens is 215 g/mol. The number of rotatable bonds is 1. The molecular formula is C12H8F3N. The molecule has 0 saturated carbocycles. The van der Waals surface area contributed by atoms with Gasteiger partial charge in [-0.25, -0.2) is 0 Å². The Morgan fingerprint density at radius 1 is 0.938 bits per heavy atom. The molecule has 0 amide bonds. The van der Waals surface area contributed by atoms with Crippen molar-refractivity contribution in [3.8, 4) is 11.1 Å². The van der Waals surface area contributed by atoms with Gasteiger partial charge in [0.25, 0.3) is 0 Å². The van der Waals surface area contributed by atoms with Crippen molar-refractivity contribution < 1.29 is 13.2 Å². The van der Waals surface area contributed by atoms with Crippen LogP contribution in [0.25, 0.3) is 11.1 Å². The van der Waals surface area contributed by atoms with Crippen molar-refractivity contribution >= 4 is 0 Å². The van der Waals surface area contributed by atoms with Crippen LogP contribution in [-0.4, -0.2) is 4.98 Å². The average Bonchev–Trinajstić information content (AvgIpc) is 2.29. The van der Waals surface area contributed by atoms with Crippen LogP contribution in [0.5, 0.6) is 0 Å². The zero-order valence-electron chi connectivity index (χ0n) is 8.20. The lowest BCUT2D eigenvalue weighted by Gasteiger charge is -2.12. The van der Waals surface area contributed by atoms with Crippen LogP contribution in [0, 0.1) is 0 Å². The highest BCUT2D eigenvalue weighted by atomic mass is 19.4. The van der Waals surface area contributed by atoms with Crippen molar-refractivity contribution in [3.05, 3.63) is 54.4 Å². The predicted molar refractivity (Wildman–Crippen MR) is 54.7 cm³/mol. The minimum absolute atomic E-state index is 0.156. The Kier molecular flexibility index (Phi) is 2.64. The fourth-order valence-electron chi connectivity index (χ4n) is 1.50. The van der Waals surface area contributed by atoms with Gasteiger partial charge in [0.15, 0.2) is 0 Å². The number of aromatic nitrogens is 1. The van der Waals surface area contributed by atoms with Crippen LogP contribution in [0.2, 0.25) is 0 Å². The summed E-state index contributed by atoms with van der Waals surface area (Å²) in [5.74, 6) is 0. The van der Waals surface area contributed by atoms with E-state index in [4.69, 9.17) is 0 Å². The number of hydrogen-bond donors (Lipinski definition) is 0.